The van der Waals surface area contributed by atoms with Crippen molar-refractivity contribution in [2.75, 3.05) is 13.7 Å². The Bertz CT molecular complexity index is 649. The van der Waals surface area contributed by atoms with Gasteiger partial charge in [0.25, 0.3) is 5.91 Å². The lowest BCUT2D eigenvalue weighted by atomic mass is 10.1. The number of amides is 1. The van der Waals surface area contributed by atoms with Gasteiger partial charge >= 0.3 is 0 Å². The van der Waals surface area contributed by atoms with Gasteiger partial charge in [-0.1, -0.05) is 12.1 Å². The molecule has 0 radical (unpaired) electrons. The molecule has 0 bridgehead atoms. The second-order valence-corrected chi connectivity index (χ2v) is 5.38. The Kier molecular flexibility index (Phi) is 3.48. The molecular weight excluding hydrogens is 322 g/mol. The third-order valence-electron chi connectivity index (χ3n) is 3.38. The highest BCUT2D eigenvalue weighted by Crippen LogP contribution is 2.24. The number of hydrogen-bond acceptors (Lipinski definition) is 3. The smallest absolute Gasteiger partial charge is 0.255 e. The van der Waals surface area contributed by atoms with Crippen molar-refractivity contribution in [3.63, 3.8) is 0 Å². The van der Waals surface area contributed by atoms with Crippen LogP contribution >= 0.6 is 15.9 Å². The van der Waals surface area contributed by atoms with Crippen LogP contribution < -0.4 is 10.1 Å². The van der Waals surface area contributed by atoms with Gasteiger partial charge < -0.3 is 10.1 Å². The van der Waals surface area contributed by atoms with E-state index in [1.54, 1.807) is 7.11 Å². The van der Waals surface area contributed by atoms with E-state index in [0.29, 0.717) is 23.3 Å². The monoisotopic (exact) mass is 335 g/mol. The maximum Gasteiger partial charge on any atom is 0.255 e. The molecule has 2 heterocycles. The minimum absolute atomic E-state index is 0.0564. The van der Waals surface area contributed by atoms with E-state index in [1.807, 2.05) is 28.9 Å². The molecule has 0 aliphatic carbocycles. The first-order valence-corrected chi connectivity index (χ1v) is 7.14. The Balaban J connectivity index is 1.91. The molecule has 0 saturated carbocycles. The van der Waals surface area contributed by atoms with E-state index in [0.717, 1.165) is 23.4 Å². The highest BCUT2D eigenvalue weighted by Gasteiger charge is 2.25. The van der Waals surface area contributed by atoms with Crippen molar-refractivity contribution >= 4 is 21.8 Å². The quantitative estimate of drug-likeness (QED) is 0.933. The van der Waals surface area contributed by atoms with E-state index in [9.17, 15) is 4.79 Å². The molecule has 0 atom stereocenters. The highest BCUT2D eigenvalue weighted by molar-refractivity contribution is 9.10. The third kappa shape index (κ3) is 2.31. The molecule has 1 N–H and O–H groups in total. The van der Waals surface area contributed by atoms with Gasteiger partial charge in [0.2, 0.25) is 0 Å². The summed E-state index contributed by atoms with van der Waals surface area (Å²) in [4.78, 5) is 11.8. The van der Waals surface area contributed by atoms with Gasteiger partial charge in [-0.3, -0.25) is 9.48 Å². The van der Waals surface area contributed by atoms with Gasteiger partial charge in [-0.05, 0) is 33.6 Å². The van der Waals surface area contributed by atoms with Crippen molar-refractivity contribution in [1.82, 2.24) is 15.1 Å². The SMILES string of the molecule is COc1ccc(Cn2nc(Br)c3c2CCNC3=O)cc1. The minimum atomic E-state index is -0.0564. The number of carbonyl (C=O) groups is 1. The average molecular weight is 336 g/mol. The van der Waals surface area contributed by atoms with Gasteiger partial charge in [-0.2, -0.15) is 5.10 Å². The van der Waals surface area contributed by atoms with E-state index < -0.39 is 0 Å². The predicted molar refractivity (Wildman–Crippen MR) is 78.1 cm³/mol. The molecule has 1 aliphatic rings. The number of nitrogens with zero attached hydrogens (tertiary/aromatic N) is 2. The number of hydrogen-bond donors (Lipinski definition) is 1. The van der Waals surface area contributed by atoms with E-state index in [4.69, 9.17) is 4.74 Å². The van der Waals surface area contributed by atoms with Gasteiger partial charge in [0.15, 0.2) is 0 Å². The van der Waals surface area contributed by atoms with Crippen LogP contribution in [-0.4, -0.2) is 29.3 Å². The molecule has 104 valence electrons. The van der Waals surface area contributed by atoms with Crippen LogP contribution in [-0.2, 0) is 13.0 Å². The number of aromatic nitrogens is 2. The number of carbonyl (C=O) groups excluding carboxylic acids is 1. The zero-order valence-corrected chi connectivity index (χ0v) is 12.6. The van der Waals surface area contributed by atoms with E-state index in [2.05, 4.69) is 26.3 Å². The zero-order valence-electron chi connectivity index (χ0n) is 11.0. The first-order chi connectivity index (χ1) is 9.69. The number of nitrogens with one attached hydrogen (secondary N) is 1. The lowest BCUT2D eigenvalue weighted by Crippen LogP contribution is -2.32. The number of rotatable bonds is 3. The molecule has 0 unspecified atom stereocenters. The summed E-state index contributed by atoms with van der Waals surface area (Å²) in [6.45, 7) is 1.30. The molecule has 0 saturated heterocycles. The molecule has 0 spiro atoms. The van der Waals surface area contributed by atoms with Crippen LogP contribution in [0.4, 0.5) is 0 Å². The molecule has 0 fully saturated rings. The second-order valence-electron chi connectivity index (χ2n) is 4.62. The Labute approximate surface area is 125 Å². The molecular formula is C14H14BrN3O2. The summed E-state index contributed by atoms with van der Waals surface area (Å²) >= 11 is 3.37. The number of ether oxygens (including phenoxy) is 1. The lowest BCUT2D eigenvalue weighted by molar-refractivity contribution is 0.0944. The second kappa shape index (κ2) is 5.28. The Morgan fingerprint density at radius 1 is 1.40 bits per heavy atom. The van der Waals surface area contributed by atoms with Gasteiger partial charge in [0.1, 0.15) is 10.4 Å². The first-order valence-electron chi connectivity index (χ1n) is 6.35. The number of fused-ring (bicyclic) bond motifs is 1. The van der Waals surface area contributed by atoms with Crippen LogP contribution in [0.2, 0.25) is 0 Å². The summed E-state index contributed by atoms with van der Waals surface area (Å²) < 4.78 is 7.64. The summed E-state index contributed by atoms with van der Waals surface area (Å²) in [6, 6.07) is 7.85. The summed E-state index contributed by atoms with van der Waals surface area (Å²) in [7, 11) is 1.65. The van der Waals surface area contributed by atoms with Gasteiger partial charge in [0, 0.05) is 13.0 Å². The normalized spacial score (nSPS) is 13.8. The first kappa shape index (κ1) is 13.2. The number of halogens is 1. The largest absolute Gasteiger partial charge is 0.497 e. The van der Waals surface area contributed by atoms with Crippen LogP contribution in [0.25, 0.3) is 0 Å². The van der Waals surface area contributed by atoms with Crippen LogP contribution in [0.3, 0.4) is 0 Å². The third-order valence-corrected chi connectivity index (χ3v) is 3.94. The fourth-order valence-corrected chi connectivity index (χ4v) is 2.96. The average Bonchev–Trinajstić information content (AvgIpc) is 2.77. The van der Waals surface area contributed by atoms with Crippen LogP contribution in [0.15, 0.2) is 28.9 Å². The summed E-state index contributed by atoms with van der Waals surface area (Å²) in [5.74, 6) is 0.774. The van der Waals surface area contributed by atoms with E-state index in [1.165, 1.54) is 0 Å². The highest BCUT2D eigenvalue weighted by atomic mass is 79.9. The van der Waals surface area contributed by atoms with Crippen molar-refractivity contribution < 1.29 is 9.53 Å². The maximum absolute atomic E-state index is 11.8. The molecule has 1 amide bonds. The van der Waals surface area contributed by atoms with Crippen LogP contribution in [0.5, 0.6) is 5.75 Å². The summed E-state index contributed by atoms with van der Waals surface area (Å²) in [5.41, 5.74) is 2.76. The molecule has 3 rings (SSSR count). The Hall–Kier alpha value is -1.82. The van der Waals surface area contributed by atoms with Crippen molar-refractivity contribution in [1.29, 1.82) is 0 Å². The fraction of sp³-hybridized carbons (Fsp3) is 0.286. The van der Waals surface area contributed by atoms with Gasteiger partial charge in [0.05, 0.1) is 24.9 Å². The molecule has 1 aliphatic heterocycles. The summed E-state index contributed by atoms with van der Waals surface area (Å²) in [5, 5.41) is 7.25. The summed E-state index contributed by atoms with van der Waals surface area (Å²) in [6.07, 6.45) is 0.801. The van der Waals surface area contributed by atoms with E-state index >= 15 is 0 Å². The van der Waals surface area contributed by atoms with Crippen LogP contribution in [0.1, 0.15) is 21.6 Å². The lowest BCUT2D eigenvalue weighted by Gasteiger charge is -2.15. The van der Waals surface area contributed by atoms with Crippen molar-refractivity contribution in [2.24, 2.45) is 0 Å². The van der Waals surface area contributed by atoms with Crippen molar-refractivity contribution in [3.05, 3.63) is 45.7 Å². The number of benzene rings is 1. The molecule has 1 aromatic heterocycles. The molecule has 20 heavy (non-hydrogen) atoms. The van der Waals surface area contributed by atoms with Crippen LogP contribution in [0, 0.1) is 0 Å². The fourth-order valence-electron chi connectivity index (χ4n) is 2.36. The Morgan fingerprint density at radius 2 is 2.15 bits per heavy atom. The van der Waals surface area contributed by atoms with Gasteiger partial charge in [-0.15, -0.1) is 0 Å². The van der Waals surface area contributed by atoms with E-state index in [-0.39, 0.29) is 5.91 Å². The van der Waals surface area contributed by atoms with Crippen molar-refractivity contribution in [2.45, 2.75) is 13.0 Å². The predicted octanol–water partition coefficient (Wildman–Crippen LogP) is 1.99. The van der Waals surface area contributed by atoms with Gasteiger partial charge in [-0.25, -0.2) is 0 Å². The Morgan fingerprint density at radius 3 is 2.85 bits per heavy atom. The standard InChI is InChI=1S/C14H14BrN3O2/c1-20-10-4-2-9(3-5-10)8-18-11-6-7-16-14(19)12(11)13(15)17-18/h2-5H,6-8H2,1H3,(H,16,19). The number of methoxy groups -OCH3 is 1. The molecule has 2 aromatic rings. The molecule has 1 aromatic carbocycles. The van der Waals surface area contributed by atoms with Crippen molar-refractivity contribution in [3.8, 4) is 5.75 Å². The topological polar surface area (TPSA) is 56.1 Å². The zero-order chi connectivity index (χ0) is 14.1. The minimum Gasteiger partial charge on any atom is -0.497 e. The molecule has 6 heteroatoms. The maximum atomic E-state index is 11.8. The molecule has 5 nitrogen and oxygen atoms in total.